The zero-order valence-electron chi connectivity index (χ0n) is 10.3. The van der Waals surface area contributed by atoms with Crippen LogP contribution in [0.2, 0.25) is 0 Å². The average molecular weight is 210 g/mol. The molecule has 0 amide bonds. The van der Waals surface area contributed by atoms with E-state index < -0.39 is 0 Å². The molecule has 1 heterocycles. The lowest BCUT2D eigenvalue weighted by molar-refractivity contribution is 0.126. The molecule has 15 heavy (non-hydrogen) atoms. The molecule has 1 saturated heterocycles. The SMILES string of the molecule is CC1CCC(CN2CCNC[C@@H]2C)CC1. The molecule has 2 fully saturated rings. The number of hydrogen-bond acceptors (Lipinski definition) is 2. The Balaban J connectivity index is 1.75. The summed E-state index contributed by atoms with van der Waals surface area (Å²) >= 11 is 0. The summed E-state index contributed by atoms with van der Waals surface area (Å²) < 4.78 is 0. The Hall–Kier alpha value is -0.0800. The third-order valence-corrected chi connectivity index (χ3v) is 4.27. The fraction of sp³-hybridized carbons (Fsp3) is 1.00. The van der Waals surface area contributed by atoms with Crippen molar-refractivity contribution >= 4 is 0 Å². The van der Waals surface area contributed by atoms with Gasteiger partial charge in [-0.2, -0.15) is 0 Å². The molecule has 0 aromatic heterocycles. The van der Waals surface area contributed by atoms with Crippen LogP contribution in [0.5, 0.6) is 0 Å². The van der Waals surface area contributed by atoms with Gasteiger partial charge in [-0.1, -0.05) is 19.8 Å². The summed E-state index contributed by atoms with van der Waals surface area (Å²) in [5.41, 5.74) is 0. The molecule has 2 rings (SSSR count). The monoisotopic (exact) mass is 210 g/mol. The number of nitrogens with one attached hydrogen (secondary N) is 1. The second kappa shape index (κ2) is 5.31. The van der Waals surface area contributed by atoms with Gasteiger partial charge in [0.1, 0.15) is 0 Å². The Morgan fingerprint density at radius 1 is 1.13 bits per heavy atom. The lowest BCUT2D eigenvalue weighted by Gasteiger charge is -2.38. The summed E-state index contributed by atoms with van der Waals surface area (Å²) in [6.07, 6.45) is 5.87. The largest absolute Gasteiger partial charge is 0.314 e. The Labute approximate surface area is 94.4 Å². The van der Waals surface area contributed by atoms with Crippen LogP contribution >= 0.6 is 0 Å². The van der Waals surface area contributed by atoms with Gasteiger partial charge >= 0.3 is 0 Å². The van der Waals surface area contributed by atoms with Crippen LogP contribution < -0.4 is 5.32 Å². The first kappa shape index (κ1) is 11.4. The molecule has 0 aromatic rings. The summed E-state index contributed by atoms with van der Waals surface area (Å²) in [5, 5.41) is 3.47. The van der Waals surface area contributed by atoms with E-state index in [4.69, 9.17) is 0 Å². The van der Waals surface area contributed by atoms with E-state index in [1.165, 1.54) is 51.9 Å². The third kappa shape index (κ3) is 3.18. The zero-order valence-corrected chi connectivity index (χ0v) is 10.3. The van der Waals surface area contributed by atoms with Gasteiger partial charge in [-0.15, -0.1) is 0 Å². The van der Waals surface area contributed by atoms with E-state index in [-0.39, 0.29) is 0 Å². The average Bonchev–Trinajstić information content (AvgIpc) is 2.25. The minimum atomic E-state index is 0.748. The number of rotatable bonds is 2. The van der Waals surface area contributed by atoms with Gasteiger partial charge in [-0.25, -0.2) is 0 Å². The first-order valence-electron chi connectivity index (χ1n) is 6.70. The van der Waals surface area contributed by atoms with E-state index in [0.29, 0.717) is 0 Å². The topological polar surface area (TPSA) is 15.3 Å². The first-order chi connectivity index (χ1) is 7.25. The summed E-state index contributed by atoms with van der Waals surface area (Å²) in [6, 6.07) is 0.748. The lowest BCUT2D eigenvalue weighted by Crippen LogP contribution is -2.51. The molecule has 1 aliphatic carbocycles. The molecular weight excluding hydrogens is 184 g/mol. The minimum Gasteiger partial charge on any atom is -0.314 e. The standard InChI is InChI=1S/C13H26N2/c1-11-3-5-13(6-4-11)10-15-8-7-14-9-12(15)2/h11-14H,3-10H2,1-2H3/t11?,12-,13?/m0/s1. The van der Waals surface area contributed by atoms with Gasteiger partial charge in [-0.05, 0) is 31.6 Å². The number of hydrogen-bond donors (Lipinski definition) is 1. The molecule has 0 bridgehead atoms. The van der Waals surface area contributed by atoms with Gasteiger partial charge < -0.3 is 5.32 Å². The van der Waals surface area contributed by atoms with E-state index in [2.05, 4.69) is 24.1 Å². The van der Waals surface area contributed by atoms with Crippen molar-refractivity contribution < 1.29 is 0 Å². The first-order valence-corrected chi connectivity index (χ1v) is 6.70. The van der Waals surface area contributed by atoms with Crippen LogP contribution in [0.1, 0.15) is 39.5 Å². The van der Waals surface area contributed by atoms with Crippen LogP contribution in [0.3, 0.4) is 0 Å². The van der Waals surface area contributed by atoms with Crippen molar-refractivity contribution in [3.8, 4) is 0 Å². The van der Waals surface area contributed by atoms with Crippen molar-refractivity contribution in [3.63, 3.8) is 0 Å². The maximum absolute atomic E-state index is 3.47. The molecule has 1 aliphatic heterocycles. The fourth-order valence-corrected chi connectivity index (χ4v) is 3.00. The van der Waals surface area contributed by atoms with Crippen molar-refractivity contribution in [1.29, 1.82) is 0 Å². The van der Waals surface area contributed by atoms with E-state index in [1.54, 1.807) is 0 Å². The van der Waals surface area contributed by atoms with E-state index in [0.717, 1.165) is 17.9 Å². The van der Waals surface area contributed by atoms with Gasteiger partial charge in [0.2, 0.25) is 0 Å². The van der Waals surface area contributed by atoms with Crippen LogP contribution in [0.15, 0.2) is 0 Å². The second-order valence-corrected chi connectivity index (χ2v) is 5.67. The Morgan fingerprint density at radius 2 is 1.87 bits per heavy atom. The summed E-state index contributed by atoms with van der Waals surface area (Å²) in [6.45, 7) is 9.75. The van der Waals surface area contributed by atoms with Gasteiger partial charge in [-0.3, -0.25) is 4.90 Å². The van der Waals surface area contributed by atoms with E-state index >= 15 is 0 Å². The van der Waals surface area contributed by atoms with Gasteiger partial charge in [0.25, 0.3) is 0 Å². The van der Waals surface area contributed by atoms with Crippen molar-refractivity contribution in [3.05, 3.63) is 0 Å². The number of nitrogens with zero attached hydrogens (tertiary/aromatic N) is 1. The molecule has 0 aromatic carbocycles. The maximum Gasteiger partial charge on any atom is 0.0193 e. The van der Waals surface area contributed by atoms with Crippen LogP contribution in [-0.4, -0.2) is 37.1 Å². The fourth-order valence-electron chi connectivity index (χ4n) is 3.00. The molecule has 2 aliphatic rings. The molecule has 1 atom stereocenters. The Morgan fingerprint density at radius 3 is 2.53 bits per heavy atom. The smallest absolute Gasteiger partial charge is 0.0193 e. The van der Waals surface area contributed by atoms with Gasteiger partial charge in [0.05, 0.1) is 0 Å². The van der Waals surface area contributed by atoms with E-state index in [9.17, 15) is 0 Å². The highest BCUT2D eigenvalue weighted by atomic mass is 15.2. The normalized spacial score (nSPS) is 39.2. The van der Waals surface area contributed by atoms with Crippen LogP contribution in [0.4, 0.5) is 0 Å². The van der Waals surface area contributed by atoms with Crippen molar-refractivity contribution in [2.24, 2.45) is 11.8 Å². The summed E-state index contributed by atoms with van der Waals surface area (Å²) in [5.74, 6) is 1.98. The third-order valence-electron chi connectivity index (χ3n) is 4.27. The Kier molecular flexibility index (Phi) is 4.04. The van der Waals surface area contributed by atoms with Crippen molar-refractivity contribution in [2.75, 3.05) is 26.2 Å². The van der Waals surface area contributed by atoms with Crippen LogP contribution in [0.25, 0.3) is 0 Å². The molecule has 2 nitrogen and oxygen atoms in total. The van der Waals surface area contributed by atoms with Crippen molar-refractivity contribution in [1.82, 2.24) is 10.2 Å². The van der Waals surface area contributed by atoms with E-state index in [1.807, 2.05) is 0 Å². The molecule has 88 valence electrons. The van der Waals surface area contributed by atoms with Crippen molar-refractivity contribution in [2.45, 2.75) is 45.6 Å². The lowest BCUT2D eigenvalue weighted by atomic mass is 9.82. The number of piperazine rings is 1. The van der Waals surface area contributed by atoms with Gasteiger partial charge in [0.15, 0.2) is 0 Å². The minimum absolute atomic E-state index is 0.748. The Bertz CT molecular complexity index is 185. The van der Waals surface area contributed by atoms with Crippen LogP contribution in [-0.2, 0) is 0 Å². The van der Waals surface area contributed by atoms with Gasteiger partial charge in [0, 0.05) is 32.2 Å². The quantitative estimate of drug-likeness (QED) is 0.751. The maximum atomic E-state index is 3.47. The zero-order chi connectivity index (χ0) is 10.7. The predicted octanol–water partition coefficient (Wildman–Crippen LogP) is 2.11. The highest BCUT2D eigenvalue weighted by Gasteiger charge is 2.24. The highest BCUT2D eigenvalue weighted by molar-refractivity contribution is 4.80. The summed E-state index contributed by atoms with van der Waals surface area (Å²) in [4.78, 5) is 2.69. The molecule has 0 unspecified atom stereocenters. The molecule has 2 heteroatoms. The molecule has 1 N–H and O–H groups in total. The predicted molar refractivity (Wildman–Crippen MR) is 65.0 cm³/mol. The molecular formula is C13H26N2. The highest BCUT2D eigenvalue weighted by Crippen LogP contribution is 2.29. The molecule has 0 spiro atoms. The molecule has 0 radical (unpaired) electrons. The molecule has 1 saturated carbocycles. The second-order valence-electron chi connectivity index (χ2n) is 5.67. The van der Waals surface area contributed by atoms with Crippen LogP contribution in [0, 0.1) is 11.8 Å². The summed E-state index contributed by atoms with van der Waals surface area (Å²) in [7, 11) is 0.